The van der Waals surface area contributed by atoms with Gasteiger partial charge in [-0.2, -0.15) is 5.10 Å². The summed E-state index contributed by atoms with van der Waals surface area (Å²) in [5.41, 5.74) is 3.19. The molecule has 1 heterocycles. The number of rotatable bonds is 0. The maximum absolute atomic E-state index is 4.13. The van der Waals surface area contributed by atoms with Crippen LogP contribution in [0.2, 0.25) is 0 Å². The lowest BCUT2D eigenvalue weighted by atomic mass is 9.98. The van der Waals surface area contributed by atoms with E-state index < -0.39 is 0 Å². The van der Waals surface area contributed by atoms with Crippen molar-refractivity contribution in [2.75, 3.05) is 0 Å². The van der Waals surface area contributed by atoms with Gasteiger partial charge in [-0.05, 0) is 19.3 Å². The molecule has 1 aliphatic carbocycles. The van der Waals surface area contributed by atoms with Gasteiger partial charge >= 0.3 is 0 Å². The summed E-state index contributed by atoms with van der Waals surface area (Å²) in [6.45, 7) is 0. The molecule has 0 amide bonds. The van der Waals surface area contributed by atoms with Crippen molar-refractivity contribution < 1.29 is 0 Å². The van der Waals surface area contributed by atoms with Gasteiger partial charge in [0.25, 0.3) is 0 Å². The van der Waals surface area contributed by atoms with Crippen molar-refractivity contribution in [3.05, 3.63) is 0 Å². The zero-order chi connectivity index (χ0) is 7.68. The normalized spacial score (nSPS) is 42.8. The van der Waals surface area contributed by atoms with Crippen LogP contribution in [0.3, 0.4) is 0 Å². The van der Waals surface area contributed by atoms with Gasteiger partial charge in [-0.3, -0.25) is 0 Å². The zero-order valence-electron chi connectivity index (χ0n) is 6.46. The van der Waals surface area contributed by atoms with Crippen LogP contribution in [0.4, 0.5) is 0 Å². The van der Waals surface area contributed by atoms with E-state index in [9.17, 15) is 0 Å². The summed E-state index contributed by atoms with van der Waals surface area (Å²) in [6.07, 6.45) is 7.49. The third kappa shape index (κ3) is 1.68. The second-order valence-electron chi connectivity index (χ2n) is 3.44. The molecule has 3 heteroatoms. The van der Waals surface area contributed by atoms with Crippen molar-refractivity contribution in [1.29, 1.82) is 0 Å². The van der Waals surface area contributed by atoms with Gasteiger partial charge in [0, 0.05) is 16.1 Å². The van der Waals surface area contributed by atoms with Crippen LogP contribution in [0.15, 0.2) is 5.10 Å². The van der Waals surface area contributed by atoms with Crippen LogP contribution in [-0.2, 0) is 0 Å². The molecule has 2 aliphatic rings. The minimum absolute atomic E-state index is 0.662. The van der Waals surface area contributed by atoms with Crippen molar-refractivity contribution in [3.63, 3.8) is 0 Å². The maximum atomic E-state index is 4.13. The Labute approximate surface area is 81.0 Å². The molecule has 0 saturated heterocycles. The standard InChI is InChI=1S/C8H13IN2/c9-7-2-1-3-8-6(4-7)5-10-11-8/h5-8,11H,1-4H2. The Hall–Kier alpha value is 0.200. The fraction of sp³-hybridized carbons (Fsp3) is 0.875. The average Bonchev–Trinajstić information content (AvgIpc) is 2.31. The SMILES string of the molecule is IC1CCCC2NN=CC2C1. The van der Waals surface area contributed by atoms with E-state index in [2.05, 4.69) is 39.3 Å². The minimum atomic E-state index is 0.662. The van der Waals surface area contributed by atoms with Gasteiger partial charge in [-0.15, -0.1) is 0 Å². The number of halogens is 1. The predicted molar refractivity (Wildman–Crippen MR) is 55.2 cm³/mol. The molecule has 1 N–H and O–H groups in total. The van der Waals surface area contributed by atoms with Gasteiger partial charge in [0.2, 0.25) is 0 Å². The van der Waals surface area contributed by atoms with Gasteiger partial charge in [0.05, 0.1) is 6.04 Å². The lowest BCUT2D eigenvalue weighted by molar-refractivity contribution is 0.457. The Morgan fingerprint density at radius 2 is 2.36 bits per heavy atom. The maximum Gasteiger partial charge on any atom is 0.0518 e. The van der Waals surface area contributed by atoms with Crippen molar-refractivity contribution in [3.8, 4) is 0 Å². The zero-order valence-corrected chi connectivity index (χ0v) is 8.62. The summed E-state index contributed by atoms with van der Waals surface area (Å²) in [7, 11) is 0. The molecule has 0 aromatic heterocycles. The smallest absolute Gasteiger partial charge is 0.0518 e. The molecule has 62 valence electrons. The van der Waals surface area contributed by atoms with Crippen LogP contribution in [0.25, 0.3) is 0 Å². The summed E-state index contributed by atoms with van der Waals surface area (Å²) in [6, 6.07) is 0.662. The van der Waals surface area contributed by atoms with Gasteiger partial charge in [-0.1, -0.05) is 29.0 Å². The Kier molecular flexibility index (Phi) is 2.34. The van der Waals surface area contributed by atoms with E-state index >= 15 is 0 Å². The molecule has 0 bridgehead atoms. The lowest BCUT2D eigenvalue weighted by Crippen LogP contribution is -2.26. The first-order chi connectivity index (χ1) is 5.36. The van der Waals surface area contributed by atoms with E-state index in [-0.39, 0.29) is 0 Å². The number of alkyl halides is 1. The van der Waals surface area contributed by atoms with E-state index in [1.165, 1.54) is 25.7 Å². The number of nitrogens with zero attached hydrogens (tertiary/aromatic N) is 1. The molecule has 1 aliphatic heterocycles. The predicted octanol–water partition coefficient (Wildman–Crippen LogP) is 1.94. The number of hydrogen-bond donors (Lipinski definition) is 1. The van der Waals surface area contributed by atoms with E-state index in [1.54, 1.807) is 0 Å². The number of hydrogen-bond acceptors (Lipinski definition) is 2. The second kappa shape index (κ2) is 3.29. The molecular formula is C8H13IN2. The molecule has 2 rings (SSSR count). The van der Waals surface area contributed by atoms with Crippen molar-refractivity contribution in [2.45, 2.75) is 35.6 Å². The Morgan fingerprint density at radius 3 is 3.27 bits per heavy atom. The number of nitrogens with one attached hydrogen (secondary N) is 1. The quantitative estimate of drug-likeness (QED) is 0.524. The van der Waals surface area contributed by atoms with Crippen LogP contribution in [-0.4, -0.2) is 16.2 Å². The van der Waals surface area contributed by atoms with E-state index in [4.69, 9.17) is 0 Å². The van der Waals surface area contributed by atoms with Crippen molar-refractivity contribution in [2.24, 2.45) is 11.0 Å². The molecule has 2 nitrogen and oxygen atoms in total. The summed E-state index contributed by atoms with van der Waals surface area (Å²) >= 11 is 2.57. The monoisotopic (exact) mass is 264 g/mol. The second-order valence-corrected chi connectivity index (χ2v) is 5.20. The Bertz CT molecular complexity index is 169. The van der Waals surface area contributed by atoms with E-state index in [0.717, 1.165) is 9.84 Å². The van der Waals surface area contributed by atoms with Gasteiger partial charge in [0.15, 0.2) is 0 Å². The van der Waals surface area contributed by atoms with E-state index in [0.29, 0.717) is 6.04 Å². The highest BCUT2D eigenvalue weighted by Gasteiger charge is 2.28. The molecule has 0 aromatic carbocycles. The molecule has 3 atom stereocenters. The largest absolute Gasteiger partial charge is 0.307 e. The van der Waals surface area contributed by atoms with Gasteiger partial charge < -0.3 is 5.43 Å². The highest BCUT2D eigenvalue weighted by Crippen LogP contribution is 2.29. The van der Waals surface area contributed by atoms with Crippen LogP contribution >= 0.6 is 22.6 Å². The molecule has 0 aromatic rings. The molecule has 1 fully saturated rings. The Balaban J connectivity index is 2.02. The molecular weight excluding hydrogens is 251 g/mol. The summed E-state index contributed by atoms with van der Waals surface area (Å²) < 4.78 is 0.869. The summed E-state index contributed by atoms with van der Waals surface area (Å²) in [5.74, 6) is 0.722. The Morgan fingerprint density at radius 1 is 1.45 bits per heavy atom. The fourth-order valence-electron chi connectivity index (χ4n) is 1.91. The minimum Gasteiger partial charge on any atom is -0.307 e. The first kappa shape index (κ1) is 7.83. The fourth-order valence-corrected chi connectivity index (χ4v) is 2.94. The first-order valence-electron chi connectivity index (χ1n) is 4.29. The number of fused-ring (bicyclic) bond motifs is 1. The molecule has 11 heavy (non-hydrogen) atoms. The van der Waals surface area contributed by atoms with Crippen LogP contribution in [0.5, 0.6) is 0 Å². The molecule has 1 saturated carbocycles. The summed E-state index contributed by atoms with van der Waals surface area (Å²) in [4.78, 5) is 0. The first-order valence-corrected chi connectivity index (χ1v) is 5.53. The lowest BCUT2D eigenvalue weighted by Gasteiger charge is -2.14. The molecule has 0 spiro atoms. The highest BCUT2D eigenvalue weighted by molar-refractivity contribution is 14.1. The van der Waals surface area contributed by atoms with Crippen LogP contribution in [0, 0.1) is 5.92 Å². The molecule has 3 unspecified atom stereocenters. The van der Waals surface area contributed by atoms with Gasteiger partial charge in [-0.25, -0.2) is 0 Å². The third-order valence-electron chi connectivity index (χ3n) is 2.58. The highest BCUT2D eigenvalue weighted by atomic mass is 127. The van der Waals surface area contributed by atoms with Crippen molar-refractivity contribution >= 4 is 28.8 Å². The van der Waals surface area contributed by atoms with Gasteiger partial charge in [0.1, 0.15) is 0 Å². The topological polar surface area (TPSA) is 24.4 Å². The molecule has 0 radical (unpaired) electrons. The van der Waals surface area contributed by atoms with E-state index in [1.807, 2.05) is 0 Å². The average molecular weight is 264 g/mol. The van der Waals surface area contributed by atoms with Crippen LogP contribution in [0.1, 0.15) is 25.7 Å². The summed E-state index contributed by atoms with van der Waals surface area (Å²) in [5, 5.41) is 4.13. The van der Waals surface area contributed by atoms with Crippen LogP contribution < -0.4 is 5.43 Å². The van der Waals surface area contributed by atoms with Crippen molar-refractivity contribution in [1.82, 2.24) is 5.43 Å². The third-order valence-corrected chi connectivity index (χ3v) is 3.71. The number of hydrazone groups is 1.